The summed E-state index contributed by atoms with van der Waals surface area (Å²) in [5, 5.41) is 3.16. The number of rotatable bonds is 2. The molecule has 1 N–H and O–H groups in total. The first kappa shape index (κ1) is 13.6. The normalized spacial score (nSPS) is 23.7. The van der Waals surface area contributed by atoms with E-state index in [1.165, 1.54) is 12.8 Å². The van der Waals surface area contributed by atoms with Crippen LogP contribution in [0, 0.1) is 12.8 Å². The van der Waals surface area contributed by atoms with Gasteiger partial charge in [-0.05, 0) is 59.3 Å². The molecule has 3 heteroatoms. The van der Waals surface area contributed by atoms with E-state index in [9.17, 15) is 4.79 Å². The van der Waals surface area contributed by atoms with Crippen molar-refractivity contribution >= 4 is 21.8 Å². The monoisotopic (exact) mass is 309 g/mol. The average Bonchev–Trinajstić information content (AvgIpc) is 2.28. The highest BCUT2D eigenvalue weighted by Gasteiger charge is 2.21. The van der Waals surface area contributed by atoms with Gasteiger partial charge in [-0.2, -0.15) is 0 Å². The van der Waals surface area contributed by atoms with Gasteiger partial charge in [0.15, 0.2) is 0 Å². The van der Waals surface area contributed by atoms with Gasteiger partial charge in [0.05, 0.1) is 5.56 Å². The molecule has 0 heterocycles. The maximum atomic E-state index is 12.2. The van der Waals surface area contributed by atoms with Gasteiger partial charge >= 0.3 is 0 Å². The molecule has 0 aliphatic heterocycles. The molecule has 1 aliphatic rings. The van der Waals surface area contributed by atoms with Crippen LogP contribution in [0.3, 0.4) is 0 Å². The van der Waals surface area contributed by atoms with Crippen molar-refractivity contribution in [2.45, 2.75) is 45.6 Å². The summed E-state index contributed by atoms with van der Waals surface area (Å²) in [6.07, 6.45) is 4.73. The van der Waals surface area contributed by atoms with Crippen LogP contribution >= 0.6 is 15.9 Å². The highest BCUT2D eigenvalue weighted by molar-refractivity contribution is 9.10. The van der Waals surface area contributed by atoms with Crippen LogP contribution in [0.2, 0.25) is 0 Å². The third-order valence-electron chi connectivity index (χ3n) is 3.64. The predicted molar refractivity (Wildman–Crippen MR) is 77.8 cm³/mol. The zero-order chi connectivity index (χ0) is 13.1. The van der Waals surface area contributed by atoms with E-state index in [1.807, 2.05) is 25.1 Å². The minimum atomic E-state index is 0.0426. The molecule has 2 unspecified atom stereocenters. The van der Waals surface area contributed by atoms with E-state index < -0.39 is 0 Å². The van der Waals surface area contributed by atoms with Crippen molar-refractivity contribution in [2.75, 3.05) is 0 Å². The van der Waals surface area contributed by atoms with E-state index in [0.717, 1.165) is 34.4 Å². The van der Waals surface area contributed by atoms with Gasteiger partial charge in [-0.1, -0.05) is 25.8 Å². The van der Waals surface area contributed by atoms with Crippen LogP contribution in [0.4, 0.5) is 0 Å². The Morgan fingerprint density at radius 1 is 1.39 bits per heavy atom. The molecule has 2 nitrogen and oxygen atoms in total. The van der Waals surface area contributed by atoms with Crippen LogP contribution in [-0.2, 0) is 0 Å². The molecule has 0 radical (unpaired) electrons. The van der Waals surface area contributed by atoms with Crippen LogP contribution in [0.5, 0.6) is 0 Å². The fourth-order valence-corrected chi connectivity index (χ4v) is 3.31. The van der Waals surface area contributed by atoms with Crippen LogP contribution < -0.4 is 5.32 Å². The second-order valence-electron chi connectivity index (χ2n) is 5.43. The topological polar surface area (TPSA) is 29.1 Å². The fourth-order valence-electron chi connectivity index (χ4n) is 2.63. The van der Waals surface area contributed by atoms with E-state index in [0.29, 0.717) is 6.04 Å². The van der Waals surface area contributed by atoms with E-state index in [1.54, 1.807) is 0 Å². The number of aryl methyl sites for hydroxylation is 1. The molecule has 1 amide bonds. The lowest BCUT2D eigenvalue weighted by Gasteiger charge is -2.27. The Morgan fingerprint density at radius 3 is 2.83 bits per heavy atom. The third-order valence-corrected chi connectivity index (χ3v) is 4.30. The molecule has 2 rings (SSSR count). The van der Waals surface area contributed by atoms with E-state index in [4.69, 9.17) is 0 Å². The van der Waals surface area contributed by atoms with Crippen molar-refractivity contribution in [1.29, 1.82) is 0 Å². The molecule has 98 valence electrons. The summed E-state index contributed by atoms with van der Waals surface area (Å²) in [7, 11) is 0. The maximum Gasteiger partial charge on any atom is 0.252 e. The number of amides is 1. The molecule has 18 heavy (non-hydrogen) atoms. The lowest BCUT2D eigenvalue weighted by atomic mass is 9.87. The molecule has 0 bridgehead atoms. The SMILES string of the molecule is Cc1ccc(C(=O)NC2CCCC(C)C2)c(Br)c1. The maximum absolute atomic E-state index is 12.2. The number of carbonyl (C=O) groups is 1. The van der Waals surface area contributed by atoms with Crippen molar-refractivity contribution in [3.8, 4) is 0 Å². The minimum Gasteiger partial charge on any atom is -0.349 e. The molecular formula is C15H20BrNO. The highest BCUT2D eigenvalue weighted by atomic mass is 79.9. The summed E-state index contributed by atoms with van der Waals surface area (Å²) in [4.78, 5) is 12.2. The van der Waals surface area contributed by atoms with Gasteiger partial charge in [0, 0.05) is 10.5 Å². The lowest BCUT2D eigenvalue weighted by Crippen LogP contribution is -2.38. The Kier molecular flexibility index (Phi) is 4.44. The summed E-state index contributed by atoms with van der Waals surface area (Å²) >= 11 is 3.46. The Bertz CT molecular complexity index is 444. The van der Waals surface area contributed by atoms with Gasteiger partial charge in [-0.15, -0.1) is 0 Å². The van der Waals surface area contributed by atoms with Gasteiger partial charge in [-0.3, -0.25) is 4.79 Å². The number of benzene rings is 1. The number of hydrogen-bond acceptors (Lipinski definition) is 1. The van der Waals surface area contributed by atoms with Gasteiger partial charge in [0.25, 0.3) is 5.91 Å². The first-order valence-electron chi connectivity index (χ1n) is 6.63. The average molecular weight is 310 g/mol. The second kappa shape index (κ2) is 5.87. The molecule has 1 fully saturated rings. The summed E-state index contributed by atoms with van der Waals surface area (Å²) in [6.45, 7) is 4.29. The summed E-state index contributed by atoms with van der Waals surface area (Å²) in [5.74, 6) is 0.770. The van der Waals surface area contributed by atoms with Crippen molar-refractivity contribution in [3.63, 3.8) is 0 Å². The Labute approximate surface area is 117 Å². The van der Waals surface area contributed by atoms with E-state index in [-0.39, 0.29) is 5.91 Å². The number of nitrogens with one attached hydrogen (secondary N) is 1. The van der Waals surface area contributed by atoms with Crippen LogP contribution in [-0.4, -0.2) is 11.9 Å². The highest BCUT2D eigenvalue weighted by Crippen LogP contribution is 2.24. The zero-order valence-corrected chi connectivity index (χ0v) is 12.6. The van der Waals surface area contributed by atoms with Crippen molar-refractivity contribution in [3.05, 3.63) is 33.8 Å². The second-order valence-corrected chi connectivity index (χ2v) is 6.28. The van der Waals surface area contributed by atoms with Crippen molar-refractivity contribution in [2.24, 2.45) is 5.92 Å². The molecule has 1 aromatic carbocycles. The third kappa shape index (κ3) is 3.35. The number of halogens is 1. The molecule has 0 aromatic heterocycles. The quantitative estimate of drug-likeness (QED) is 0.876. The Morgan fingerprint density at radius 2 is 2.17 bits per heavy atom. The largest absolute Gasteiger partial charge is 0.349 e. The molecule has 0 saturated heterocycles. The van der Waals surface area contributed by atoms with Crippen molar-refractivity contribution in [1.82, 2.24) is 5.32 Å². The summed E-state index contributed by atoms with van der Waals surface area (Å²) in [5.41, 5.74) is 1.89. The molecule has 0 spiro atoms. The van der Waals surface area contributed by atoms with Crippen LogP contribution in [0.1, 0.15) is 48.5 Å². The summed E-state index contributed by atoms with van der Waals surface area (Å²) in [6, 6.07) is 6.19. The fraction of sp³-hybridized carbons (Fsp3) is 0.533. The number of carbonyl (C=O) groups excluding carboxylic acids is 1. The Balaban J connectivity index is 2.03. The zero-order valence-electron chi connectivity index (χ0n) is 11.0. The first-order valence-corrected chi connectivity index (χ1v) is 7.42. The minimum absolute atomic E-state index is 0.0426. The van der Waals surface area contributed by atoms with Crippen LogP contribution in [0.15, 0.2) is 22.7 Å². The smallest absolute Gasteiger partial charge is 0.252 e. The van der Waals surface area contributed by atoms with Gasteiger partial charge < -0.3 is 5.32 Å². The first-order chi connectivity index (χ1) is 8.56. The molecule has 1 aliphatic carbocycles. The lowest BCUT2D eigenvalue weighted by molar-refractivity contribution is 0.0920. The molecule has 2 atom stereocenters. The van der Waals surface area contributed by atoms with Crippen molar-refractivity contribution < 1.29 is 4.79 Å². The molecule has 1 aromatic rings. The predicted octanol–water partition coefficient (Wildman–Crippen LogP) is 4.07. The molecule has 1 saturated carbocycles. The number of hydrogen-bond donors (Lipinski definition) is 1. The summed E-state index contributed by atoms with van der Waals surface area (Å²) < 4.78 is 0.879. The molecular weight excluding hydrogens is 290 g/mol. The van der Waals surface area contributed by atoms with E-state index >= 15 is 0 Å². The Hall–Kier alpha value is -0.830. The van der Waals surface area contributed by atoms with Gasteiger partial charge in [-0.25, -0.2) is 0 Å². The standard InChI is InChI=1S/C15H20BrNO/c1-10-4-3-5-12(8-10)17-15(18)13-7-6-11(2)9-14(13)16/h6-7,9-10,12H,3-5,8H2,1-2H3,(H,17,18). The van der Waals surface area contributed by atoms with Gasteiger partial charge in [0.1, 0.15) is 0 Å². The van der Waals surface area contributed by atoms with E-state index in [2.05, 4.69) is 28.2 Å². The van der Waals surface area contributed by atoms with Crippen LogP contribution in [0.25, 0.3) is 0 Å². The van der Waals surface area contributed by atoms with Gasteiger partial charge in [0.2, 0.25) is 0 Å².